The Morgan fingerprint density at radius 3 is 2.79 bits per heavy atom. The first-order valence-electron chi connectivity index (χ1n) is 9.31. The molecule has 0 saturated heterocycles. The molecule has 1 aliphatic carbocycles. The molecular formula is C20H30N2O2. The number of nitrogens with one attached hydrogen (secondary N) is 1. The smallest absolute Gasteiger partial charge is 0.220 e. The summed E-state index contributed by atoms with van der Waals surface area (Å²) in [4.78, 5) is 12.5. The number of nitrogens with two attached hydrogens (primary N) is 1. The molecule has 3 rings (SSSR count). The summed E-state index contributed by atoms with van der Waals surface area (Å²) in [6, 6.07) is 5.66. The Hall–Kier alpha value is -1.71. The Morgan fingerprint density at radius 1 is 1.29 bits per heavy atom. The third-order valence-electron chi connectivity index (χ3n) is 5.33. The van der Waals surface area contributed by atoms with Crippen molar-refractivity contribution in [3.05, 3.63) is 23.8 Å². The number of ether oxygens (including phenoxy) is 1. The molecule has 24 heavy (non-hydrogen) atoms. The second-order valence-electron chi connectivity index (χ2n) is 8.03. The van der Waals surface area contributed by atoms with E-state index in [0.29, 0.717) is 12.1 Å². The minimum atomic E-state index is -0.287. The molecule has 1 aliphatic heterocycles. The van der Waals surface area contributed by atoms with E-state index < -0.39 is 0 Å². The van der Waals surface area contributed by atoms with Crippen LogP contribution in [-0.2, 0) is 4.79 Å². The molecule has 0 bridgehead atoms. The van der Waals surface area contributed by atoms with Crippen molar-refractivity contribution in [2.24, 2.45) is 5.92 Å². The number of carbonyl (C=O) groups excluding carboxylic acids is 1. The quantitative estimate of drug-likeness (QED) is 0.807. The number of benzene rings is 1. The lowest BCUT2D eigenvalue weighted by molar-refractivity contribution is -0.122. The van der Waals surface area contributed by atoms with Crippen LogP contribution < -0.4 is 15.8 Å². The minimum Gasteiger partial charge on any atom is -0.487 e. The van der Waals surface area contributed by atoms with E-state index >= 15 is 0 Å². The zero-order valence-corrected chi connectivity index (χ0v) is 14.9. The molecule has 132 valence electrons. The summed E-state index contributed by atoms with van der Waals surface area (Å²) in [5, 5.41) is 3.22. The average molecular weight is 330 g/mol. The van der Waals surface area contributed by atoms with E-state index in [1.54, 1.807) is 0 Å². The fourth-order valence-corrected chi connectivity index (χ4v) is 4.08. The van der Waals surface area contributed by atoms with Crippen LogP contribution in [0.5, 0.6) is 5.75 Å². The highest BCUT2D eigenvalue weighted by atomic mass is 16.5. The SMILES string of the molecule is CC1(C)CC(NC(=O)CCC2CCCCC2)c2cc(N)ccc2O1. The average Bonchev–Trinajstić information content (AvgIpc) is 2.54. The lowest BCUT2D eigenvalue weighted by atomic mass is 9.86. The lowest BCUT2D eigenvalue weighted by Crippen LogP contribution is -2.41. The van der Waals surface area contributed by atoms with E-state index in [-0.39, 0.29) is 17.6 Å². The summed E-state index contributed by atoms with van der Waals surface area (Å²) >= 11 is 0. The molecule has 1 saturated carbocycles. The Morgan fingerprint density at radius 2 is 2.04 bits per heavy atom. The van der Waals surface area contributed by atoms with Crippen LogP contribution in [0.4, 0.5) is 5.69 Å². The molecule has 0 aromatic heterocycles. The van der Waals surface area contributed by atoms with E-state index in [0.717, 1.165) is 30.1 Å². The van der Waals surface area contributed by atoms with Gasteiger partial charge in [-0.2, -0.15) is 0 Å². The topological polar surface area (TPSA) is 64.4 Å². The first-order chi connectivity index (χ1) is 11.4. The zero-order chi connectivity index (χ0) is 17.2. The van der Waals surface area contributed by atoms with Gasteiger partial charge in [-0.15, -0.1) is 0 Å². The fraction of sp³-hybridized carbons (Fsp3) is 0.650. The zero-order valence-electron chi connectivity index (χ0n) is 14.9. The van der Waals surface area contributed by atoms with Gasteiger partial charge < -0.3 is 15.8 Å². The van der Waals surface area contributed by atoms with Crippen LogP contribution in [0.15, 0.2) is 18.2 Å². The summed E-state index contributed by atoms with van der Waals surface area (Å²) in [5.41, 5.74) is 7.35. The third-order valence-corrected chi connectivity index (χ3v) is 5.33. The van der Waals surface area contributed by atoms with E-state index in [9.17, 15) is 4.79 Å². The van der Waals surface area contributed by atoms with Crippen LogP contribution in [-0.4, -0.2) is 11.5 Å². The molecule has 1 heterocycles. The molecule has 1 aromatic rings. The van der Waals surface area contributed by atoms with Crippen molar-refractivity contribution >= 4 is 11.6 Å². The van der Waals surface area contributed by atoms with Gasteiger partial charge in [-0.1, -0.05) is 32.1 Å². The van der Waals surface area contributed by atoms with Gasteiger partial charge in [0.05, 0.1) is 6.04 Å². The van der Waals surface area contributed by atoms with Crippen molar-refractivity contribution in [1.29, 1.82) is 0 Å². The predicted octanol–water partition coefficient (Wildman–Crippen LogP) is 4.35. The van der Waals surface area contributed by atoms with Gasteiger partial charge in [-0.3, -0.25) is 4.79 Å². The first kappa shape index (κ1) is 17.1. The predicted molar refractivity (Wildman–Crippen MR) is 96.9 cm³/mol. The van der Waals surface area contributed by atoms with Crippen molar-refractivity contribution in [2.75, 3.05) is 5.73 Å². The summed E-state index contributed by atoms with van der Waals surface area (Å²) in [7, 11) is 0. The standard InChI is InChI=1S/C20H30N2O2/c1-20(2)13-17(16-12-15(21)9-10-18(16)24-20)22-19(23)11-8-14-6-4-3-5-7-14/h9-10,12,14,17H,3-8,11,13,21H2,1-2H3,(H,22,23). The third kappa shape index (κ3) is 4.22. The second-order valence-corrected chi connectivity index (χ2v) is 8.03. The molecule has 3 N–H and O–H groups in total. The largest absolute Gasteiger partial charge is 0.487 e. The van der Waals surface area contributed by atoms with Crippen LogP contribution in [0.3, 0.4) is 0 Å². The van der Waals surface area contributed by atoms with E-state index in [1.807, 2.05) is 18.2 Å². The number of nitrogen functional groups attached to an aromatic ring is 1. The minimum absolute atomic E-state index is 0.0221. The molecule has 0 spiro atoms. The van der Waals surface area contributed by atoms with Crippen molar-refractivity contribution in [2.45, 2.75) is 76.9 Å². The van der Waals surface area contributed by atoms with Gasteiger partial charge >= 0.3 is 0 Å². The van der Waals surface area contributed by atoms with Crippen LogP contribution in [0.25, 0.3) is 0 Å². The maximum Gasteiger partial charge on any atom is 0.220 e. The summed E-state index contributed by atoms with van der Waals surface area (Å²) in [5.74, 6) is 1.72. The monoisotopic (exact) mass is 330 g/mol. The highest BCUT2D eigenvalue weighted by Crippen LogP contribution is 2.40. The number of hydrogen-bond acceptors (Lipinski definition) is 3. The first-order valence-corrected chi connectivity index (χ1v) is 9.31. The van der Waals surface area contributed by atoms with Crippen molar-refractivity contribution < 1.29 is 9.53 Å². The molecule has 1 unspecified atom stereocenters. The maximum absolute atomic E-state index is 12.5. The van der Waals surface area contributed by atoms with E-state index in [4.69, 9.17) is 10.5 Å². The van der Waals surface area contributed by atoms with Gasteiger partial charge in [-0.25, -0.2) is 0 Å². The molecule has 0 radical (unpaired) electrons. The molecule has 1 aromatic carbocycles. The van der Waals surface area contributed by atoms with Gasteiger partial charge in [0.2, 0.25) is 5.91 Å². The summed E-state index contributed by atoms with van der Waals surface area (Å²) in [6.45, 7) is 4.13. The Bertz CT molecular complexity index is 591. The Balaban J connectivity index is 1.63. The number of carbonyl (C=O) groups is 1. The van der Waals surface area contributed by atoms with Crippen LogP contribution in [0.1, 0.15) is 76.8 Å². The van der Waals surface area contributed by atoms with Crippen LogP contribution >= 0.6 is 0 Å². The summed E-state index contributed by atoms with van der Waals surface area (Å²) < 4.78 is 6.03. The second kappa shape index (κ2) is 7.04. The molecule has 2 aliphatic rings. The Kier molecular flexibility index (Phi) is 5.02. The molecule has 4 heteroatoms. The van der Waals surface area contributed by atoms with Gasteiger partial charge in [-0.05, 0) is 44.4 Å². The fourth-order valence-electron chi connectivity index (χ4n) is 4.08. The number of hydrogen-bond donors (Lipinski definition) is 2. The summed E-state index contributed by atoms with van der Waals surface area (Å²) in [6.07, 6.45) is 8.99. The molecule has 4 nitrogen and oxygen atoms in total. The van der Waals surface area contributed by atoms with Crippen molar-refractivity contribution in [1.82, 2.24) is 5.32 Å². The maximum atomic E-state index is 12.5. The van der Waals surface area contributed by atoms with Crippen molar-refractivity contribution in [3.63, 3.8) is 0 Å². The highest BCUT2D eigenvalue weighted by molar-refractivity contribution is 5.76. The van der Waals surface area contributed by atoms with Gasteiger partial charge in [0.1, 0.15) is 11.4 Å². The number of fused-ring (bicyclic) bond motifs is 1. The molecule has 1 atom stereocenters. The number of rotatable bonds is 4. The Labute approximate surface area is 145 Å². The van der Waals surface area contributed by atoms with E-state index in [2.05, 4.69) is 19.2 Å². The van der Waals surface area contributed by atoms with Gasteiger partial charge in [0.15, 0.2) is 0 Å². The number of anilines is 1. The molecule has 1 amide bonds. The van der Waals surface area contributed by atoms with E-state index in [1.165, 1.54) is 32.1 Å². The normalized spacial score (nSPS) is 23.2. The van der Waals surface area contributed by atoms with Crippen LogP contribution in [0.2, 0.25) is 0 Å². The lowest BCUT2D eigenvalue weighted by Gasteiger charge is -2.38. The van der Waals surface area contributed by atoms with Gasteiger partial charge in [0, 0.05) is 24.1 Å². The number of amides is 1. The highest BCUT2D eigenvalue weighted by Gasteiger charge is 2.34. The van der Waals surface area contributed by atoms with Crippen molar-refractivity contribution in [3.8, 4) is 5.75 Å². The molecule has 1 fully saturated rings. The molecular weight excluding hydrogens is 300 g/mol. The van der Waals surface area contributed by atoms with Crippen LogP contribution in [0, 0.1) is 5.92 Å². The van der Waals surface area contributed by atoms with Gasteiger partial charge in [0.25, 0.3) is 0 Å².